The van der Waals surface area contributed by atoms with Crippen molar-refractivity contribution in [3.05, 3.63) is 17.6 Å². The third-order valence-corrected chi connectivity index (χ3v) is 3.24. The highest BCUT2D eigenvalue weighted by atomic mass is 16.5. The summed E-state index contributed by atoms with van der Waals surface area (Å²) < 4.78 is 5.48. The lowest BCUT2D eigenvalue weighted by atomic mass is 10.2. The maximum absolute atomic E-state index is 10.8. The van der Waals surface area contributed by atoms with Crippen LogP contribution in [0, 0.1) is 6.92 Å². The van der Waals surface area contributed by atoms with Gasteiger partial charge in [0.25, 0.3) is 0 Å². The molecule has 1 atom stereocenters. The van der Waals surface area contributed by atoms with E-state index >= 15 is 0 Å². The van der Waals surface area contributed by atoms with E-state index in [0.717, 1.165) is 23.9 Å². The number of anilines is 1. The van der Waals surface area contributed by atoms with E-state index in [4.69, 9.17) is 9.84 Å². The van der Waals surface area contributed by atoms with Crippen molar-refractivity contribution >= 4 is 11.8 Å². The number of carbonyl (C=O) groups is 1. The number of aromatic nitrogens is 2. The van der Waals surface area contributed by atoms with E-state index in [9.17, 15) is 4.79 Å². The van der Waals surface area contributed by atoms with Gasteiger partial charge in [-0.1, -0.05) is 13.8 Å². The van der Waals surface area contributed by atoms with Crippen molar-refractivity contribution < 1.29 is 14.6 Å². The molecule has 6 nitrogen and oxygen atoms in total. The summed E-state index contributed by atoms with van der Waals surface area (Å²) in [7, 11) is 0. The zero-order valence-electron chi connectivity index (χ0n) is 12.2. The van der Waals surface area contributed by atoms with E-state index in [1.165, 1.54) is 0 Å². The lowest BCUT2D eigenvalue weighted by Gasteiger charge is -2.33. The first-order valence-electron chi connectivity index (χ1n) is 6.89. The molecule has 1 aliphatic rings. The van der Waals surface area contributed by atoms with Crippen LogP contribution in [0.4, 0.5) is 5.82 Å². The number of aliphatic carboxylic acids is 1. The molecule has 0 amide bonds. The van der Waals surface area contributed by atoms with E-state index < -0.39 is 5.97 Å². The molecule has 0 aliphatic carbocycles. The van der Waals surface area contributed by atoms with Gasteiger partial charge in [-0.3, -0.25) is 4.79 Å². The van der Waals surface area contributed by atoms with Gasteiger partial charge in [-0.2, -0.15) is 0 Å². The monoisotopic (exact) mass is 279 g/mol. The van der Waals surface area contributed by atoms with Crippen molar-refractivity contribution in [3.63, 3.8) is 0 Å². The van der Waals surface area contributed by atoms with Crippen LogP contribution < -0.4 is 4.90 Å². The summed E-state index contributed by atoms with van der Waals surface area (Å²) in [5, 5.41) is 8.86. The molecule has 1 aromatic heterocycles. The van der Waals surface area contributed by atoms with Gasteiger partial charge in [-0.15, -0.1) is 0 Å². The van der Waals surface area contributed by atoms with Crippen molar-refractivity contribution in [1.82, 2.24) is 9.97 Å². The molecule has 0 bridgehead atoms. The van der Waals surface area contributed by atoms with Gasteiger partial charge < -0.3 is 14.7 Å². The van der Waals surface area contributed by atoms with Crippen molar-refractivity contribution in [2.45, 2.75) is 39.2 Å². The third kappa shape index (κ3) is 3.66. The highest BCUT2D eigenvalue weighted by Gasteiger charge is 2.24. The van der Waals surface area contributed by atoms with Crippen LogP contribution in [0.3, 0.4) is 0 Å². The second kappa shape index (κ2) is 6.17. The van der Waals surface area contributed by atoms with Gasteiger partial charge in [-0.05, 0) is 6.92 Å². The van der Waals surface area contributed by atoms with Crippen LogP contribution in [0.2, 0.25) is 0 Å². The average Bonchev–Trinajstić information content (AvgIpc) is 2.37. The number of carboxylic acid groups (broad SMARTS) is 1. The Hall–Kier alpha value is -1.69. The van der Waals surface area contributed by atoms with Crippen molar-refractivity contribution in [2.75, 3.05) is 24.6 Å². The van der Waals surface area contributed by atoms with Crippen LogP contribution in [-0.4, -0.2) is 46.8 Å². The van der Waals surface area contributed by atoms with E-state index in [1.54, 1.807) is 0 Å². The Bertz CT molecular complexity index is 491. The zero-order chi connectivity index (χ0) is 14.7. The Morgan fingerprint density at radius 1 is 1.55 bits per heavy atom. The summed E-state index contributed by atoms with van der Waals surface area (Å²) in [6, 6.07) is 1.94. The Morgan fingerprint density at radius 2 is 2.30 bits per heavy atom. The Labute approximate surface area is 118 Å². The number of morpholine rings is 1. The van der Waals surface area contributed by atoms with Crippen LogP contribution in [0.25, 0.3) is 0 Å². The average molecular weight is 279 g/mol. The zero-order valence-corrected chi connectivity index (χ0v) is 12.2. The Morgan fingerprint density at radius 3 is 2.95 bits per heavy atom. The fourth-order valence-electron chi connectivity index (χ4n) is 2.24. The van der Waals surface area contributed by atoms with E-state index in [1.807, 2.05) is 13.0 Å². The normalized spacial score (nSPS) is 19.4. The third-order valence-electron chi connectivity index (χ3n) is 3.24. The maximum Gasteiger partial charge on any atom is 0.306 e. The molecule has 1 saturated heterocycles. The van der Waals surface area contributed by atoms with Gasteiger partial charge in [-0.25, -0.2) is 9.97 Å². The first-order valence-corrected chi connectivity index (χ1v) is 6.89. The smallest absolute Gasteiger partial charge is 0.306 e. The predicted octanol–water partition coefficient (Wildman–Crippen LogP) is 1.59. The molecular formula is C14H21N3O3. The van der Waals surface area contributed by atoms with Crippen molar-refractivity contribution in [3.8, 4) is 0 Å². The first-order chi connectivity index (χ1) is 9.45. The minimum absolute atomic E-state index is 0.0254. The highest BCUT2D eigenvalue weighted by molar-refractivity contribution is 5.67. The molecule has 1 N–H and O–H groups in total. The number of hydrogen-bond donors (Lipinski definition) is 1. The van der Waals surface area contributed by atoms with Gasteiger partial charge in [0.15, 0.2) is 0 Å². The van der Waals surface area contributed by atoms with Gasteiger partial charge in [0, 0.05) is 30.8 Å². The van der Waals surface area contributed by atoms with Crippen LogP contribution in [-0.2, 0) is 9.53 Å². The number of aryl methyl sites for hydroxylation is 1. The first kappa shape index (κ1) is 14.7. The van der Waals surface area contributed by atoms with Crippen LogP contribution in [0.15, 0.2) is 6.07 Å². The summed E-state index contributed by atoms with van der Waals surface area (Å²) >= 11 is 0. The predicted molar refractivity (Wildman–Crippen MR) is 75.1 cm³/mol. The molecule has 0 spiro atoms. The standard InChI is InChI=1S/C14H21N3O3/c1-9(2)14-15-10(3)6-12(16-14)17-4-5-20-11(8-17)7-13(18)19/h6,9,11H,4-5,7-8H2,1-3H3,(H,18,19). The molecule has 1 fully saturated rings. The van der Waals surface area contributed by atoms with Gasteiger partial charge >= 0.3 is 5.97 Å². The molecule has 0 aromatic carbocycles. The Kier molecular flexibility index (Phi) is 4.54. The summed E-state index contributed by atoms with van der Waals surface area (Å²) in [6.07, 6.45) is -0.253. The summed E-state index contributed by atoms with van der Waals surface area (Å²) in [5.41, 5.74) is 0.931. The molecule has 0 saturated carbocycles. The summed E-state index contributed by atoms with van der Waals surface area (Å²) in [4.78, 5) is 21.9. The highest BCUT2D eigenvalue weighted by Crippen LogP contribution is 2.20. The minimum Gasteiger partial charge on any atom is -0.481 e. The quantitative estimate of drug-likeness (QED) is 0.902. The number of hydrogen-bond acceptors (Lipinski definition) is 5. The van der Waals surface area contributed by atoms with Crippen LogP contribution in [0.5, 0.6) is 0 Å². The van der Waals surface area contributed by atoms with Crippen LogP contribution in [0.1, 0.15) is 37.7 Å². The van der Waals surface area contributed by atoms with Gasteiger partial charge in [0.05, 0.1) is 19.1 Å². The molecule has 6 heteroatoms. The molecule has 20 heavy (non-hydrogen) atoms. The number of carboxylic acids is 1. The van der Waals surface area contributed by atoms with Gasteiger partial charge in [0.1, 0.15) is 11.6 Å². The molecule has 2 rings (SSSR count). The van der Waals surface area contributed by atoms with Gasteiger partial charge in [0.2, 0.25) is 0 Å². The van der Waals surface area contributed by atoms with Crippen molar-refractivity contribution in [1.29, 1.82) is 0 Å². The molecule has 1 aliphatic heterocycles. The summed E-state index contributed by atoms with van der Waals surface area (Å²) in [6.45, 7) is 7.88. The SMILES string of the molecule is Cc1cc(N2CCOC(CC(=O)O)C2)nc(C(C)C)n1. The summed E-state index contributed by atoms with van der Waals surface area (Å²) in [5.74, 6) is 1.12. The molecular weight excluding hydrogens is 258 g/mol. The largest absolute Gasteiger partial charge is 0.481 e. The maximum atomic E-state index is 10.8. The Balaban J connectivity index is 2.16. The van der Waals surface area contributed by atoms with E-state index in [2.05, 4.69) is 28.7 Å². The lowest BCUT2D eigenvalue weighted by molar-refractivity contribution is -0.140. The minimum atomic E-state index is -0.835. The number of rotatable bonds is 4. The topological polar surface area (TPSA) is 75.5 Å². The molecule has 1 aromatic rings. The lowest BCUT2D eigenvalue weighted by Crippen LogP contribution is -2.43. The fourth-order valence-corrected chi connectivity index (χ4v) is 2.24. The van der Waals surface area contributed by atoms with E-state index in [-0.39, 0.29) is 18.4 Å². The van der Waals surface area contributed by atoms with Crippen LogP contribution >= 0.6 is 0 Å². The molecule has 2 heterocycles. The molecule has 1 unspecified atom stereocenters. The second-order valence-corrected chi connectivity index (χ2v) is 5.42. The molecule has 110 valence electrons. The number of nitrogens with zero attached hydrogens (tertiary/aromatic N) is 3. The fraction of sp³-hybridized carbons (Fsp3) is 0.643. The number of ether oxygens (including phenoxy) is 1. The second-order valence-electron chi connectivity index (χ2n) is 5.42. The molecule has 0 radical (unpaired) electrons. The van der Waals surface area contributed by atoms with Crippen molar-refractivity contribution in [2.24, 2.45) is 0 Å². The van der Waals surface area contributed by atoms with E-state index in [0.29, 0.717) is 13.2 Å².